The van der Waals surface area contributed by atoms with E-state index < -0.39 is 31.4 Å². The highest BCUT2D eigenvalue weighted by atomic mass is 32.2. The Morgan fingerprint density at radius 2 is 1.65 bits per heavy atom. The van der Waals surface area contributed by atoms with Crippen LogP contribution in [-0.4, -0.2) is 79.5 Å². The number of anilines is 1. The summed E-state index contributed by atoms with van der Waals surface area (Å²) in [6.45, 7) is 9.55. The molecule has 0 bridgehead atoms. The zero-order valence-corrected chi connectivity index (χ0v) is 33.1. The molecule has 0 saturated heterocycles. The van der Waals surface area contributed by atoms with E-state index in [2.05, 4.69) is 41.9 Å². The van der Waals surface area contributed by atoms with Gasteiger partial charge in [-0.3, -0.25) is 4.79 Å². The minimum Gasteiger partial charge on any atom is -0.748 e. The molecule has 0 saturated carbocycles. The van der Waals surface area contributed by atoms with E-state index in [0.29, 0.717) is 23.5 Å². The van der Waals surface area contributed by atoms with Crippen molar-refractivity contribution in [2.75, 3.05) is 42.3 Å². The predicted molar refractivity (Wildman–Crippen MR) is 207 cm³/mol. The van der Waals surface area contributed by atoms with E-state index in [1.54, 1.807) is 17.8 Å². The molecular weight excluding hydrogens is 721 g/mol. The van der Waals surface area contributed by atoms with Gasteiger partial charge in [0.1, 0.15) is 17.2 Å². The monoisotopic (exact) mass is 771 g/mol. The van der Waals surface area contributed by atoms with Crippen LogP contribution in [0.5, 0.6) is 0 Å². The molecule has 2 aromatic carbocycles. The molecule has 2 heterocycles. The summed E-state index contributed by atoms with van der Waals surface area (Å²) in [5.74, 6) is 0.916. The number of allylic oxidation sites excluding steroid dienone is 6. The van der Waals surface area contributed by atoms with E-state index in [4.69, 9.17) is 5.73 Å². The van der Waals surface area contributed by atoms with Gasteiger partial charge in [-0.2, -0.15) is 16.3 Å². The fourth-order valence-electron chi connectivity index (χ4n) is 6.92. The molecule has 3 N–H and O–H groups in total. The maximum atomic E-state index is 12.5. The number of nitrogens with zero attached hydrogens (tertiary/aromatic N) is 2. The molecule has 0 spiro atoms. The van der Waals surface area contributed by atoms with Crippen molar-refractivity contribution in [1.29, 1.82) is 0 Å². The number of hydrogen-bond donors (Lipinski definition) is 2. The lowest BCUT2D eigenvalue weighted by atomic mass is 9.81. The van der Waals surface area contributed by atoms with Gasteiger partial charge in [0.05, 0.1) is 26.2 Å². The van der Waals surface area contributed by atoms with E-state index in [1.807, 2.05) is 56.2 Å². The lowest BCUT2D eigenvalue weighted by Gasteiger charge is -2.27. The molecule has 0 aromatic heterocycles. The summed E-state index contributed by atoms with van der Waals surface area (Å²) in [7, 11) is -7.07. The third-order valence-corrected chi connectivity index (χ3v) is 12.4. The van der Waals surface area contributed by atoms with Crippen molar-refractivity contribution in [2.24, 2.45) is 5.73 Å². The number of rotatable bonds is 18. The molecule has 11 nitrogen and oxygen atoms in total. The van der Waals surface area contributed by atoms with Crippen molar-refractivity contribution >= 4 is 55.0 Å². The quantitative estimate of drug-likeness (QED) is 0.0888. The van der Waals surface area contributed by atoms with Gasteiger partial charge in [-0.15, -0.1) is 0 Å². The second kappa shape index (κ2) is 17.3. The Balaban J connectivity index is 1.45. The molecule has 0 unspecified atom stereocenters. The average Bonchev–Trinajstić information content (AvgIpc) is 3.39. The van der Waals surface area contributed by atoms with Crippen LogP contribution < -0.4 is 16.0 Å². The first kappa shape index (κ1) is 41.5. The number of fused-ring (bicyclic) bond motifs is 2. The van der Waals surface area contributed by atoms with E-state index in [9.17, 15) is 30.7 Å². The van der Waals surface area contributed by atoms with Gasteiger partial charge < -0.3 is 25.1 Å². The summed E-state index contributed by atoms with van der Waals surface area (Å²) in [4.78, 5) is 14.0. The Bertz CT molecular complexity index is 1980. The van der Waals surface area contributed by atoms with Crippen LogP contribution in [-0.2, 0) is 42.4 Å². The fraction of sp³-hybridized carbons (Fsp3) is 0.474. The standard InChI is InChI=1S/C38H52N4O7S3/c1-37(2)30-24-28(26-40-36(43)27-50-22-12-7-6-11-20-39)16-18-32(30)41(5)34(37)14-9-8-10-15-35-38(3,4)31-25-29(52(47,48)49)17-19-33(31)42(35)21-13-23-51(44,45)46/h8-10,14-19,24-25H,6-7,11-13,20-23,26-27,39H2,1-5H3,(H2-,40,43,44,45,46,47,48,49)/p-1. The molecule has 0 atom stereocenters. The highest BCUT2D eigenvalue weighted by Crippen LogP contribution is 2.48. The van der Waals surface area contributed by atoms with Gasteiger partial charge in [0, 0.05) is 53.3 Å². The van der Waals surface area contributed by atoms with Crippen LogP contribution in [0.25, 0.3) is 0 Å². The lowest BCUT2D eigenvalue weighted by molar-refractivity contribution is -0.401. The zero-order chi connectivity index (χ0) is 38.3. The zero-order valence-electron chi connectivity index (χ0n) is 30.7. The molecule has 0 radical (unpaired) electrons. The Morgan fingerprint density at radius 1 is 0.923 bits per heavy atom. The normalized spacial score (nSPS) is 17.5. The summed E-state index contributed by atoms with van der Waals surface area (Å²) >= 11 is 1.66. The highest BCUT2D eigenvalue weighted by molar-refractivity contribution is 7.99. The molecule has 2 aliphatic rings. The van der Waals surface area contributed by atoms with Crippen LogP contribution >= 0.6 is 11.8 Å². The van der Waals surface area contributed by atoms with Crippen molar-refractivity contribution in [3.63, 3.8) is 0 Å². The summed E-state index contributed by atoms with van der Waals surface area (Å²) in [5.41, 5.74) is 10.9. The smallest absolute Gasteiger partial charge is 0.230 e. The van der Waals surface area contributed by atoms with Crippen molar-refractivity contribution in [3.05, 3.63) is 89.2 Å². The van der Waals surface area contributed by atoms with Crippen molar-refractivity contribution < 1.29 is 35.3 Å². The van der Waals surface area contributed by atoms with Gasteiger partial charge in [-0.25, -0.2) is 16.8 Å². The molecule has 284 valence electrons. The number of carbonyl (C=O) groups is 1. The second-order valence-corrected chi connectivity index (χ2v) is 18.3. The van der Waals surface area contributed by atoms with Crippen LogP contribution in [0.1, 0.15) is 76.5 Å². The van der Waals surface area contributed by atoms with E-state index in [1.165, 1.54) is 17.7 Å². The Kier molecular flexibility index (Phi) is 13.8. The topological polar surface area (TPSA) is 176 Å². The van der Waals surface area contributed by atoms with Crippen LogP contribution in [0.4, 0.5) is 11.4 Å². The van der Waals surface area contributed by atoms with E-state index in [-0.39, 0.29) is 29.2 Å². The van der Waals surface area contributed by atoms with Crippen LogP contribution in [0.3, 0.4) is 0 Å². The van der Waals surface area contributed by atoms with Crippen molar-refractivity contribution in [1.82, 2.24) is 5.32 Å². The molecule has 2 aromatic rings. The van der Waals surface area contributed by atoms with Gasteiger partial charge >= 0.3 is 0 Å². The third-order valence-electron chi connectivity index (χ3n) is 9.72. The second-order valence-electron chi connectivity index (χ2n) is 14.3. The highest BCUT2D eigenvalue weighted by Gasteiger charge is 2.43. The number of unbranched alkanes of at least 4 members (excludes halogenated alkanes) is 3. The SMILES string of the molecule is C[N+]1=C(/C=C/C=C/C=C2\N(CCCS(=O)(=O)[O-])c3ccc(S(=O)(=O)[O-])cc3C2(C)C)C(C)(C)c2cc(CNC(=O)CSCCCCCCN)ccc21. The van der Waals surface area contributed by atoms with Gasteiger partial charge in [0.25, 0.3) is 0 Å². The summed E-state index contributed by atoms with van der Waals surface area (Å²) in [5, 5.41) is 3.05. The number of amides is 1. The van der Waals surface area contributed by atoms with E-state index >= 15 is 0 Å². The predicted octanol–water partition coefficient (Wildman–Crippen LogP) is 5.19. The molecule has 2 aliphatic heterocycles. The molecule has 14 heteroatoms. The van der Waals surface area contributed by atoms with Gasteiger partial charge in [0.2, 0.25) is 11.6 Å². The summed E-state index contributed by atoms with van der Waals surface area (Å²) in [6, 6.07) is 10.5. The maximum Gasteiger partial charge on any atom is 0.230 e. The van der Waals surface area contributed by atoms with Crippen LogP contribution in [0.2, 0.25) is 0 Å². The van der Waals surface area contributed by atoms with Gasteiger partial charge in [-0.1, -0.05) is 51.0 Å². The Labute approximate surface area is 313 Å². The first-order valence-electron chi connectivity index (χ1n) is 17.5. The minimum atomic E-state index is -4.69. The first-order chi connectivity index (χ1) is 24.4. The average molecular weight is 772 g/mol. The van der Waals surface area contributed by atoms with Crippen molar-refractivity contribution in [3.8, 4) is 0 Å². The van der Waals surface area contributed by atoms with Crippen LogP contribution in [0, 0.1) is 0 Å². The Morgan fingerprint density at radius 3 is 2.35 bits per heavy atom. The van der Waals surface area contributed by atoms with Gasteiger partial charge in [0.15, 0.2) is 5.71 Å². The maximum absolute atomic E-state index is 12.5. The molecule has 0 fully saturated rings. The fourth-order valence-corrected chi connectivity index (χ4v) is 8.74. The molecular formula is C38H51N4O7S3-. The number of nitrogens with one attached hydrogen (secondary N) is 1. The molecule has 0 aliphatic carbocycles. The molecule has 1 amide bonds. The number of carbonyl (C=O) groups excluding carboxylic acids is 1. The number of thioether (sulfide) groups is 1. The third kappa shape index (κ3) is 10.2. The lowest BCUT2D eigenvalue weighted by Crippen LogP contribution is -2.28. The summed E-state index contributed by atoms with van der Waals surface area (Å²) in [6.07, 6.45) is 14.1. The Hall–Kier alpha value is -3.27. The number of benzene rings is 2. The van der Waals surface area contributed by atoms with Crippen molar-refractivity contribution in [2.45, 2.75) is 82.1 Å². The molecule has 52 heavy (non-hydrogen) atoms. The van der Waals surface area contributed by atoms with Gasteiger partial charge in [-0.05, 0) is 86.9 Å². The number of nitrogens with two attached hydrogens (primary N) is 1. The minimum absolute atomic E-state index is 0.0318. The van der Waals surface area contributed by atoms with Crippen LogP contribution in [0.15, 0.2) is 77.4 Å². The largest absolute Gasteiger partial charge is 0.748 e. The van der Waals surface area contributed by atoms with E-state index in [0.717, 1.165) is 60.6 Å². The first-order valence-corrected chi connectivity index (χ1v) is 21.7. The summed E-state index contributed by atoms with van der Waals surface area (Å²) < 4.78 is 71.5. The molecule has 4 rings (SSSR count). The number of hydrogen-bond acceptors (Lipinski definition) is 10.